The summed E-state index contributed by atoms with van der Waals surface area (Å²) in [5.74, 6) is -0.426. The number of nitrogens with one attached hydrogen (secondary N) is 2. The molecule has 11 heteroatoms. The number of para-hydroxylation sites is 2. The normalized spacial score (nSPS) is 17.2. The number of hydrogen-bond acceptors (Lipinski definition) is 5. The van der Waals surface area contributed by atoms with Crippen LogP contribution in [0.3, 0.4) is 0 Å². The number of benzene rings is 1. The summed E-state index contributed by atoms with van der Waals surface area (Å²) >= 11 is 5.96. The number of pyridine rings is 2. The van der Waals surface area contributed by atoms with Gasteiger partial charge in [-0.1, -0.05) is 23.7 Å². The predicted octanol–water partition coefficient (Wildman–Crippen LogP) is 4.05. The van der Waals surface area contributed by atoms with Gasteiger partial charge in [-0.15, -0.1) is 0 Å². The molecule has 1 fully saturated rings. The van der Waals surface area contributed by atoms with E-state index >= 15 is 0 Å². The van der Waals surface area contributed by atoms with Gasteiger partial charge >= 0.3 is 5.69 Å². The predicted molar refractivity (Wildman–Crippen MR) is 146 cm³/mol. The SMILES string of the molecule is CNC(=O)c1ccc(-n2c(=O)n(CC3CCC(NC(=O)c4cc(Cl)cnc4CF)CC3)c3ccccc32)cn1. The lowest BCUT2D eigenvalue weighted by molar-refractivity contribution is 0.0916. The number of carbonyl (C=O) groups excluding carboxylic acids is 2. The molecule has 0 radical (unpaired) electrons. The molecule has 0 aliphatic heterocycles. The van der Waals surface area contributed by atoms with Gasteiger partial charge in [-0.05, 0) is 61.9 Å². The smallest absolute Gasteiger partial charge is 0.333 e. The van der Waals surface area contributed by atoms with Gasteiger partial charge in [0.05, 0.1) is 39.2 Å². The van der Waals surface area contributed by atoms with Gasteiger partial charge in [0, 0.05) is 25.8 Å². The van der Waals surface area contributed by atoms with E-state index in [1.165, 1.54) is 25.5 Å². The first-order valence-electron chi connectivity index (χ1n) is 12.8. The highest BCUT2D eigenvalue weighted by Gasteiger charge is 2.26. The number of amides is 2. The van der Waals surface area contributed by atoms with Gasteiger partial charge < -0.3 is 10.6 Å². The van der Waals surface area contributed by atoms with Crippen LogP contribution in [-0.4, -0.2) is 44.0 Å². The molecule has 9 nitrogen and oxygen atoms in total. The van der Waals surface area contributed by atoms with Crippen molar-refractivity contribution in [2.45, 2.75) is 44.9 Å². The van der Waals surface area contributed by atoms with E-state index in [1.807, 2.05) is 24.3 Å². The lowest BCUT2D eigenvalue weighted by Gasteiger charge is -2.29. The van der Waals surface area contributed by atoms with Crippen LogP contribution >= 0.6 is 11.6 Å². The fourth-order valence-electron chi connectivity index (χ4n) is 5.20. The molecule has 39 heavy (non-hydrogen) atoms. The number of fused-ring (bicyclic) bond motifs is 1. The van der Waals surface area contributed by atoms with E-state index in [-0.39, 0.29) is 51.4 Å². The maximum absolute atomic E-state index is 13.6. The van der Waals surface area contributed by atoms with Crippen LogP contribution in [0.4, 0.5) is 4.39 Å². The van der Waals surface area contributed by atoms with Crippen molar-refractivity contribution in [3.63, 3.8) is 0 Å². The first kappa shape index (κ1) is 26.6. The van der Waals surface area contributed by atoms with Gasteiger partial charge in [-0.2, -0.15) is 0 Å². The molecule has 0 unspecified atom stereocenters. The summed E-state index contributed by atoms with van der Waals surface area (Å²) in [6.45, 7) is -0.301. The van der Waals surface area contributed by atoms with Crippen LogP contribution in [0.2, 0.25) is 5.02 Å². The van der Waals surface area contributed by atoms with Crippen molar-refractivity contribution in [2.24, 2.45) is 5.92 Å². The third kappa shape index (κ3) is 5.42. The van der Waals surface area contributed by atoms with Crippen LogP contribution in [0, 0.1) is 5.92 Å². The maximum Gasteiger partial charge on any atom is 0.333 e. The Hall–Kier alpha value is -4.05. The fourth-order valence-corrected chi connectivity index (χ4v) is 5.35. The summed E-state index contributed by atoms with van der Waals surface area (Å²) in [5, 5.41) is 5.81. The molecule has 1 saturated carbocycles. The molecule has 2 N–H and O–H groups in total. The Morgan fingerprint density at radius 1 is 1.03 bits per heavy atom. The van der Waals surface area contributed by atoms with E-state index in [0.717, 1.165) is 36.7 Å². The number of hydrogen-bond donors (Lipinski definition) is 2. The number of halogens is 2. The third-order valence-electron chi connectivity index (χ3n) is 7.23. The molecule has 0 saturated heterocycles. The number of carbonyl (C=O) groups is 2. The molecule has 3 aromatic heterocycles. The van der Waals surface area contributed by atoms with Gasteiger partial charge in [-0.25, -0.2) is 14.2 Å². The molecule has 4 aromatic rings. The van der Waals surface area contributed by atoms with Crippen molar-refractivity contribution >= 4 is 34.4 Å². The summed E-state index contributed by atoms with van der Waals surface area (Å²) in [4.78, 5) is 46.4. The van der Waals surface area contributed by atoms with Crippen LogP contribution in [0.1, 0.15) is 52.2 Å². The monoisotopic (exact) mass is 550 g/mol. The van der Waals surface area contributed by atoms with E-state index in [9.17, 15) is 18.8 Å². The first-order chi connectivity index (χ1) is 18.9. The highest BCUT2D eigenvalue weighted by Crippen LogP contribution is 2.28. The molecule has 202 valence electrons. The minimum absolute atomic E-state index is 0.0526. The van der Waals surface area contributed by atoms with Crippen molar-refractivity contribution < 1.29 is 14.0 Å². The Morgan fingerprint density at radius 3 is 2.44 bits per heavy atom. The Bertz CT molecular complexity index is 1570. The summed E-state index contributed by atoms with van der Waals surface area (Å²) in [5.41, 5.74) is 2.49. The second kappa shape index (κ2) is 11.4. The lowest BCUT2D eigenvalue weighted by Crippen LogP contribution is -2.39. The Morgan fingerprint density at radius 2 is 1.77 bits per heavy atom. The Balaban J connectivity index is 1.30. The van der Waals surface area contributed by atoms with E-state index in [1.54, 1.807) is 21.3 Å². The standard InChI is InChI=1S/C28H28ClFN6O3/c1-31-27(38)22-11-10-20(15-33-22)36-25-5-3-2-4-24(25)35(28(36)39)16-17-6-8-19(9-7-17)34-26(37)21-12-18(29)14-32-23(21)13-30/h2-5,10-12,14-15,17,19H,6-9,13,16H2,1H3,(H,31,38)(H,34,37). The average Bonchev–Trinajstić information content (AvgIpc) is 3.24. The van der Waals surface area contributed by atoms with Crippen LogP contribution in [0.15, 0.2) is 59.7 Å². The van der Waals surface area contributed by atoms with Gasteiger partial charge in [-0.3, -0.25) is 23.7 Å². The molecule has 3 heterocycles. The van der Waals surface area contributed by atoms with Crippen LogP contribution < -0.4 is 16.3 Å². The molecule has 1 aliphatic carbocycles. The van der Waals surface area contributed by atoms with Crippen molar-refractivity contribution in [3.05, 3.63) is 87.3 Å². The molecule has 2 amide bonds. The quantitative estimate of drug-likeness (QED) is 0.360. The fraction of sp³-hybridized carbons (Fsp3) is 0.321. The van der Waals surface area contributed by atoms with E-state index < -0.39 is 6.67 Å². The molecular formula is C28H28ClFN6O3. The van der Waals surface area contributed by atoms with E-state index in [2.05, 4.69) is 20.6 Å². The zero-order valence-corrected chi connectivity index (χ0v) is 22.1. The van der Waals surface area contributed by atoms with Gasteiger partial charge in [0.2, 0.25) is 0 Å². The van der Waals surface area contributed by atoms with Gasteiger partial charge in [0.15, 0.2) is 0 Å². The van der Waals surface area contributed by atoms with E-state index in [0.29, 0.717) is 12.2 Å². The summed E-state index contributed by atoms with van der Waals surface area (Å²) in [6.07, 6.45) is 5.99. The van der Waals surface area contributed by atoms with Crippen molar-refractivity contribution in [2.75, 3.05) is 7.05 Å². The zero-order chi connectivity index (χ0) is 27.5. The van der Waals surface area contributed by atoms with Crippen LogP contribution in [-0.2, 0) is 13.2 Å². The largest absolute Gasteiger partial charge is 0.354 e. The first-order valence-corrected chi connectivity index (χ1v) is 13.2. The summed E-state index contributed by atoms with van der Waals surface area (Å²) in [6, 6.07) is 12.3. The molecule has 0 spiro atoms. The number of aromatic nitrogens is 4. The minimum Gasteiger partial charge on any atom is -0.354 e. The van der Waals surface area contributed by atoms with Crippen LogP contribution in [0.5, 0.6) is 0 Å². The number of imidazole rings is 1. The highest BCUT2D eigenvalue weighted by atomic mass is 35.5. The zero-order valence-electron chi connectivity index (χ0n) is 21.4. The summed E-state index contributed by atoms with van der Waals surface area (Å²) < 4.78 is 16.7. The molecular weight excluding hydrogens is 523 g/mol. The molecule has 1 aliphatic rings. The van der Waals surface area contributed by atoms with Crippen molar-refractivity contribution in [1.82, 2.24) is 29.7 Å². The number of nitrogens with zero attached hydrogens (tertiary/aromatic N) is 4. The van der Waals surface area contributed by atoms with Gasteiger partial charge in [0.1, 0.15) is 12.4 Å². The minimum atomic E-state index is -0.844. The maximum atomic E-state index is 13.6. The van der Waals surface area contributed by atoms with Crippen LogP contribution in [0.25, 0.3) is 16.7 Å². The Labute approximate surface area is 229 Å². The third-order valence-corrected chi connectivity index (χ3v) is 7.44. The van der Waals surface area contributed by atoms with E-state index in [4.69, 9.17) is 11.6 Å². The lowest BCUT2D eigenvalue weighted by atomic mass is 9.85. The number of rotatable bonds is 7. The molecule has 5 rings (SSSR count). The molecule has 0 atom stereocenters. The van der Waals surface area contributed by atoms with Crippen molar-refractivity contribution in [3.8, 4) is 5.69 Å². The van der Waals surface area contributed by atoms with Gasteiger partial charge in [0.25, 0.3) is 11.8 Å². The second-order valence-electron chi connectivity index (χ2n) is 9.67. The van der Waals surface area contributed by atoms with Crippen molar-refractivity contribution in [1.29, 1.82) is 0 Å². The molecule has 0 bridgehead atoms. The average molecular weight is 551 g/mol. The number of alkyl halides is 1. The Kier molecular flexibility index (Phi) is 7.74. The summed E-state index contributed by atoms with van der Waals surface area (Å²) in [7, 11) is 1.54. The second-order valence-corrected chi connectivity index (χ2v) is 10.1. The topological polar surface area (TPSA) is 111 Å². The highest BCUT2D eigenvalue weighted by molar-refractivity contribution is 6.30. The molecule has 1 aromatic carbocycles.